The maximum absolute atomic E-state index is 8.75. The Morgan fingerprint density at radius 2 is 2.38 bits per heavy atom. The second-order valence-corrected chi connectivity index (χ2v) is 8.22. The quantitative estimate of drug-likeness (QED) is 0.830. The van der Waals surface area contributed by atoms with Gasteiger partial charge < -0.3 is 15.2 Å². The Morgan fingerprint density at radius 1 is 1.54 bits per heavy atom. The van der Waals surface area contributed by atoms with E-state index in [4.69, 9.17) is 17.9 Å². The van der Waals surface area contributed by atoms with Crippen molar-refractivity contribution in [3.63, 3.8) is 0 Å². The number of nitrogens with two attached hydrogens (primary N) is 1. The van der Waals surface area contributed by atoms with Crippen LogP contribution in [0.15, 0.2) is 27.7 Å². The molecule has 1 aromatic rings. The molecule has 4 rings (SSSR count). The molecule has 3 aliphatic rings. The van der Waals surface area contributed by atoms with Crippen molar-refractivity contribution in [1.29, 1.82) is 0 Å². The van der Waals surface area contributed by atoms with E-state index in [0.29, 0.717) is 5.92 Å². The number of aliphatic imine (C=N–C) groups is 1. The van der Waals surface area contributed by atoms with Crippen LogP contribution < -0.4 is 5.73 Å². The number of hydrogen-bond acceptors (Lipinski definition) is 4. The van der Waals surface area contributed by atoms with Gasteiger partial charge in [0.25, 0.3) is 6.02 Å². The van der Waals surface area contributed by atoms with Gasteiger partial charge in [0.2, 0.25) is 0 Å². The van der Waals surface area contributed by atoms with Gasteiger partial charge in [0, 0.05) is 17.0 Å². The molecule has 1 aromatic carbocycles. The Morgan fingerprint density at radius 3 is 3.04 bits per heavy atom. The van der Waals surface area contributed by atoms with Gasteiger partial charge in [0.15, 0.2) is 0 Å². The van der Waals surface area contributed by atoms with Crippen molar-refractivity contribution in [2.24, 2.45) is 22.1 Å². The summed E-state index contributed by atoms with van der Waals surface area (Å²) >= 11 is 3.54. The Hall–Kier alpha value is -1.07. The van der Waals surface area contributed by atoms with Crippen molar-refractivity contribution in [2.45, 2.75) is 50.7 Å². The van der Waals surface area contributed by atoms with Gasteiger partial charge in [-0.05, 0) is 54.9 Å². The van der Waals surface area contributed by atoms with Crippen LogP contribution in [0.2, 0.25) is 0 Å². The summed E-state index contributed by atoms with van der Waals surface area (Å²) in [7, 11) is 1.77. The zero-order valence-electron chi connectivity index (χ0n) is 16.1. The molecule has 2 N–H and O–H groups in total. The molecule has 0 aromatic heterocycles. The van der Waals surface area contributed by atoms with Crippen LogP contribution in [0.1, 0.15) is 46.5 Å². The van der Waals surface area contributed by atoms with Crippen LogP contribution in [0.5, 0.6) is 0 Å². The van der Waals surface area contributed by atoms with Crippen LogP contribution in [-0.4, -0.2) is 25.8 Å². The molecule has 2 spiro atoms. The second-order valence-electron chi connectivity index (χ2n) is 7.31. The molecule has 0 bridgehead atoms. The molecule has 5 heteroatoms. The van der Waals surface area contributed by atoms with E-state index in [1.165, 1.54) is 0 Å². The first-order valence-electron chi connectivity index (χ1n) is 9.64. The number of rotatable bonds is 2. The van der Waals surface area contributed by atoms with E-state index in [2.05, 4.69) is 33.9 Å². The molecule has 1 aliphatic heterocycles. The molecule has 1 unspecified atom stereocenters. The van der Waals surface area contributed by atoms with E-state index in [1.807, 2.05) is 12.1 Å². The lowest BCUT2D eigenvalue weighted by molar-refractivity contribution is -0.0514. The van der Waals surface area contributed by atoms with Crippen LogP contribution in [-0.2, 0) is 21.4 Å². The summed E-state index contributed by atoms with van der Waals surface area (Å²) in [6, 6.07) is 6.04. The molecule has 1 fully saturated rings. The maximum Gasteiger partial charge on any atom is 0.283 e. The molecule has 4 atom stereocenters. The predicted molar refractivity (Wildman–Crippen MR) is 98.0 cm³/mol. The van der Waals surface area contributed by atoms with Gasteiger partial charge >= 0.3 is 0 Å². The minimum atomic E-state index is -1.97. The molecule has 0 radical (unpaired) electrons. The number of halogens is 1. The van der Waals surface area contributed by atoms with E-state index in [9.17, 15) is 0 Å². The first kappa shape index (κ1) is 14.1. The van der Waals surface area contributed by atoms with Gasteiger partial charge in [-0.25, -0.2) is 4.99 Å². The lowest BCUT2D eigenvalue weighted by Gasteiger charge is -2.48. The van der Waals surface area contributed by atoms with E-state index in [0.717, 1.165) is 47.7 Å². The van der Waals surface area contributed by atoms with Crippen molar-refractivity contribution in [3.05, 3.63) is 33.8 Å². The first-order chi connectivity index (χ1) is 12.3. The second kappa shape index (κ2) is 5.73. The maximum atomic E-state index is 8.75. The number of fused-ring (bicyclic) bond motifs is 3. The lowest BCUT2D eigenvalue weighted by Crippen LogP contribution is -2.49. The van der Waals surface area contributed by atoms with Crippen molar-refractivity contribution in [2.75, 3.05) is 13.7 Å². The van der Waals surface area contributed by atoms with E-state index >= 15 is 0 Å². The summed E-state index contributed by atoms with van der Waals surface area (Å²) in [5, 5.41) is 0. The third kappa shape index (κ3) is 2.17. The number of ether oxygens (including phenoxy) is 2. The Balaban J connectivity index is 1.91. The average molecular weight is 395 g/mol. The largest absolute Gasteiger partial charge is 0.462 e. The molecule has 1 saturated carbocycles. The normalized spacial score (nSPS) is 40.9. The number of nitrogens with zero attached hydrogens (tertiary/aromatic N) is 1. The van der Waals surface area contributed by atoms with Gasteiger partial charge in [-0.1, -0.05) is 35.3 Å². The Kier molecular flexibility index (Phi) is 3.38. The first-order valence-corrected chi connectivity index (χ1v) is 9.44. The molecule has 24 heavy (non-hydrogen) atoms. The fourth-order valence-electron chi connectivity index (χ4n) is 5.09. The van der Waals surface area contributed by atoms with Crippen molar-refractivity contribution < 1.29 is 12.2 Å². The molecule has 4 nitrogen and oxygen atoms in total. The predicted octanol–water partition coefficient (Wildman–Crippen LogP) is 3.76. The molecular formula is C19H25BrN2O2. The summed E-state index contributed by atoms with van der Waals surface area (Å²) in [6.07, 6.45) is 4.61. The van der Waals surface area contributed by atoms with Crippen molar-refractivity contribution in [1.82, 2.24) is 0 Å². The van der Waals surface area contributed by atoms with Crippen LogP contribution in [0.25, 0.3) is 0 Å². The summed E-state index contributed by atoms with van der Waals surface area (Å²) in [6.45, 7) is 0.208. The molecular weight excluding hydrogens is 368 g/mol. The summed E-state index contributed by atoms with van der Waals surface area (Å²) in [5.74, 6) is 0.371. The van der Waals surface area contributed by atoms with E-state index in [-0.39, 0.29) is 17.5 Å². The highest BCUT2D eigenvalue weighted by molar-refractivity contribution is 9.10. The van der Waals surface area contributed by atoms with Gasteiger partial charge in [-0.15, -0.1) is 0 Å². The standard InChI is InChI=1S/C19H25BrN2O2/c1-3-12-9-18(7-6-16(12)23-2)10-13-4-5-14(20)8-15(13)19(18)11-24-17(21)22-19/h4-5,8,12,16H,3,6-7,9-11H2,1-2H3,(H2,21,22)/t12-,16-,18-,19?/m1/s1/i11D2. The third-order valence-corrected chi connectivity index (χ3v) is 6.75. The van der Waals surface area contributed by atoms with E-state index < -0.39 is 12.1 Å². The minimum Gasteiger partial charge on any atom is -0.462 e. The monoisotopic (exact) mass is 394 g/mol. The van der Waals surface area contributed by atoms with Gasteiger partial charge in [-0.2, -0.15) is 0 Å². The van der Waals surface area contributed by atoms with Crippen LogP contribution in [0.4, 0.5) is 0 Å². The van der Waals surface area contributed by atoms with Crippen molar-refractivity contribution in [3.8, 4) is 0 Å². The molecule has 0 amide bonds. The third-order valence-electron chi connectivity index (χ3n) is 6.25. The highest BCUT2D eigenvalue weighted by Gasteiger charge is 2.62. The van der Waals surface area contributed by atoms with Gasteiger partial charge in [0.05, 0.1) is 8.85 Å². The highest BCUT2D eigenvalue weighted by atomic mass is 79.9. The fourth-order valence-corrected chi connectivity index (χ4v) is 5.45. The molecule has 2 aliphatic carbocycles. The smallest absolute Gasteiger partial charge is 0.283 e. The van der Waals surface area contributed by atoms with Gasteiger partial charge in [0.1, 0.15) is 12.1 Å². The summed E-state index contributed by atoms with van der Waals surface area (Å²) in [5.41, 5.74) is 6.52. The zero-order valence-corrected chi connectivity index (χ0v) is 15.7. The molecule has 0 saturated heterocycles. The molecule has 1 heterocycles. The fraction of sp³-hybridized carbons (Fsp3) is 0.632. The van der Waals surface area contributed by atoms with Crippen molar-refractivity contribution >= 4 is 22.0 Å². The zero-order chi connectivity index (χ0) is 18.7. The average Bonchev–Trinajstić information content (AvgIpc) is 3.00. The van der Waals surface area contributed by atoms with Crippen LogP contribution in [0.3, 0.4) is 0 Å². The molecule has 130 valence electrons. The Labute approximate surface area is 154 Å². The SMILES string of the molecule is [2H]C1([2H])OC(N)=NC12c1cc(Br)ccc1C[C@]21CC[C@@H](OC)[C@H](CC)C1. The summed E-state index contributed by atoms with van der Waals surface area (Å²) in [4.78, 5) is 4.69. The number of amidine groups is 1. The summed E-state index contributed by atoms with van der Waals surface area (Å²) < 4.78 is 29.6. The number of hydrogen-bond donors (Lipinski definition) is 1. The topological polar surface area (TPSA) is 56.8 Å². The number of benzene rings is 1. The Bertz CT molecular complexity index is 772. The van der Waals surface area contributed by atoms with Crippen LogP contribution >= 0.6 is 15.9 Å². The highest BCUT2D eigenvalue weighted by Crippen LogP contribution is 2.62. The minimum absolute atomic E-state index is 0.0517. The van der Waals surface area contributed by atoms with Crippen LogP contribution in [0, 0.1) is 11.3 Å². The van der Waals surface area contributed by atoms with Gasteiger partial charge in [-0.3, -0.25) is 0 Å². The lowest BCUT2D eigenvalue weighted by atomic mass is 9.59. The number of methoxy groups -OCH3 is 1. The van der Waals surface area contributed by atoms with E-state index in [1.54, 1.807) is 7.11 Å².